The van der Waals surface area contributed by atoms with Gasteiger partial charge in [0.1, 0.15) is 5.75 Å². The summed E-state index contributed by atoms with van der Waals surface area (Å²) in [5.41, 5.74) is 0.805. The van der Waals surface area contributed by atoms with Crippen molar-refractivity contribution in [3.63, 3.8) is 0 Å². The Hall–Kier alpha value is -3.14. The SMILES string of the molecule is COc1ccc(-c2nnc(COc3ccc(NS(C)(=O)=O)cc3F)o2)cc1. The standard InChI is InChI=1S/C17H16FN3O5S/c1-24-13-6-3-11(4-7-13)17-20-19-16(26-17)10-25-15-8-5-12(9-14(15)18)21-27(2,22)23/h3-9,21H,10H2,1-2H3. The van der Waals surface area contributed by atoms with Crippen molar-refractivity contribution in [3.8, 4) is 23.0 Å². The van der Waals surface area contributed by atoms with Gasteiger partial charge in [0.2, 0.25) is 15.9 Å². The molecule has 27 heavy (non-hydrogen) atoms. The summed E-state index contributed by atoms with van der Waals surface area (Å²) in [6.07, 6.45) is 0.977. The fraction of sp³-hybridized carbons (Fsp3) is 0.176. The number of rotatable bonds is 7. The molecule has 3 rings (SSSR count). The van der Waals surface area contributed by atoms with Crippen molar-refractivity contribution in [2.24, 2.45) is 0 Å². The van der Waals surface area contributed by atoms with Crippen LogP contribution < -0.4 is 14.2 Å². The number of halogens is 1. The van der Waals surface area contributed by atoms with E-state index < -0.39 is 15.8 Å². The Kier molecular flexibility index (Phi) is 5.26. The molecule has 10 heteroatoms. The molecule has 0 fully saturated rings. The lowest BCUT2D eigenvalue weighted by Crippen LogP contribution is -2.09. The van der Waals surface area contributed by atoms with E-state index in [1.54, 1.807) is 31.4 Å². The largest absolute Gasteiger partial charge is 0.497 e. The average Bonchev–Trinajstić information content (AvgIpc) is 3.09. The van der Waals surface area contributed by atoms with Gasteiger partial charge in [0.15, 0.2) is 18.2 Å². The first kappa shape index (κ1) is 18.6. The summed E-state index contributed by atoms with van der Waals surface area (Å²) in [6.45, 7) is -0.140. The van der Waals surface area contributed by atoms with Crippen LogP contribution in [0.5, 0.6) is 11.5 Å². The topological polar surface area (TPSA) is 104 Å². The third-order valence-corrected chi connectivity index (χ3v) is 4.00. The van der Waals surface area contributed by atoms with E-state index in [2.05, 4.69) is 14.9 Å². The maximum absolute atomic E-state index is 14.0. The second kappa shape index (κ2) is 7.62. The molecule has 142 valence electrons. The first-order chi connectivity index (χ1) is 12.8. The van der Waals surface area contributed by atoms with Crippen LogP contribution in [0, 0.1) is 5.82 Å². The van der Waals surface area contributed by atoms with E-state index in [1.807, 2.05) is 0 Å². The Bertz CT molecular complexity index is 1030. The van der Waals surface area contributed by atoms with E-state index in [9.17, 15) is 12.8 Å². The Morgan fingerprint density at radius 2 is 1.89 bits per heavy atom. The van der Waals surface area contributed by atoms with Crippen LogP contribution >= 0.6 is 0 Å². The maximum Gasteiger partial charge on any atom is 0.254 e. The van der Waals surface area contributed by atoms with Crippen LogP contribution in [0.4, 0.5) is 10.1 Å². The van der Waals surface area contributed by atoms with Crippen molar-refractivity contribution in [3.05, 3.63) is 54.2 Å². The average molecular weight is 393 g/mol. The molecule has 1 aromatic heterocycles. The van der Waals surface area contributed by atoms with Gasteiger partial charge in [-0.3, -0.25) is 4.72 Å². The minimum Gasteiger partial charge on any atom is -0.497 e. The third-order valence-electron chi connectivity index (χ3n) is 3.39. The maximum atomic E-state index is 14.0. The molecule has 0 aliphatic heterocycles. The smallest absolute Gasteiger partial charge is 0.254 e. The monoisotopic (exact) mass is 393 g/mol. The zero-order valence-electron chi connectivity index (χ0n) is 14.5. The Labute approximate surface area is 155 Å². The number of aromatic nitrogens is 2. The van der Waals surface area contributed by atoms with Crippen LogP contribution in [0.25, 0.3) is 11.5 Å². The lowest BCUT2D eigenvalue weighted by atomic mass is 10.2. The van der Waals surface area contributed by atoms with Gasteiger partial charge in [0, 0.05) is 11.6 Å². The highest BCUT2D eigenvalue weighted by atomic mass is 32.2. The number of hydrogen-bond acceptors (Lipinski definition) is 7. The summed E-state index contributed by atoms with van der Waals surface area (Å²) >= 11 is 0. The number of methoxy groups -OCH3 is 1. The lowest BCUT2D eigenvalue weighted by Gasteiger charge is -2.08. The number of anilines is 1. The molecule has 0 saturated carbocycles. The molecule has 0 radical (unpaired) electrons. The van der Waals surface area contributed by atoms with Crippen molar-refractivity contribution in [1.82, 2.24) is 10.2 Å². The highest BCUT2D eigenvalue weighted by Crippen LogP contribution is 2.24. The van der Waals surface area contributed by atoms with Crippen molar-refractivity contribution >= 4 is 15.7 Å². The van der Waals surface area contributed by atoms with Crippen molar-refractivity contribution in [2.75, 3.05) is 18.1 Å². The molecule has 0 saturated heterocycles. The molecular formula is C17H16FN3O5S. The first-order valence-corrected chi connectivity index (χ1v) is 9.60. The second-order valence-corrected chi connectivity index (χ2v) is 7.29. The number of sulfonamides is 1. The van der Waals surface area contributed by atoms with E-state index in [0.29, 0.717) is 17.2 Å². The van der Waals surface area contributed by atoms with Gasteiger partial charge in [-0.2, -0.15) is 0 Å². The van der Waals surface area contributed by atoms with Crippen molar-refractivity contribution < 1.29 is 26.7 Å². The van der Waals surface area contributed by atoms with Gasteiger partial charge < -0.3 is 13.9 Å². The number of ether oxygens (including phenoxy) is 2. The van der Waals surface area contributed by atoms with Gasteiger partial charge in [-0.25, -0.2) is 12.8 Å². The highest BCUT2D eigenvalue weighted by molar-refractivity contribution is 7.92. The molecule has 1 heterocycles. The first-order valence-electron chi connectivity index (χ1n) is 7.71. The quantitative estimate of drug-likeness (QED) is 0.658. The second-order valence-electron chi connectivity index (χ2n) is 5.54. The van der Waals surface area contributed by atoms with E-state index in [-0.39, 0.29) is 23.9 Å². The van der Waals surface area contributed by atoms with Crippen LogP contribution in [-0.4, -0.2) is 32.0 Å². The summed E-state index contributed by atoms with van der Waals surface area (Å²) in [5.74, 6) is 0.367. The van der Waals surface area contributed by atoms with Crippen LogP contribution in [0.3, 0.4) is 0 Å². The predicted octanol–water partition coefficient (Wildman–Crippen LogP) is 2.83. The van der Waals surface area contributed by atoms with Gasteiger partial charge in [-0.05, 0) is 36.4 Å². The summed E-state index contributed by atoms with van der Waals surface area (Å²) in [5, 5.41) is 7.78. The van der Waals surface area contributed by atoms with E-state index in [0.717, 1.165) is 12.3 Å². The fourth-order valence-corrected chi connectivity index (χ4v) is 2.75. The molecule has 0 atom stereocenters. The van der Waals surface area contributed by atoms with E-state index in [1.165, 1.54) is 12.1 Å². The fourth-order valence-electron chi connectivity index (χ4n) is 2.20. The number of benzene rings is 2. The van der Waals surface area contributed by atoms with Gasteiger partial charge in [0.25, 0.3) is 5.89 Å². The lowest BCUT2D eigenvalue weighted by molar-refractivity contribution is 0.253. The minimum atomic E-state index is -3.49. The highest BCUT2D eigenvalue weighted by Gasteiger charge is 2.12. The molecule has 0 aliphatic rings. The number of hydrogen-bond donors (Lipinski definition) is 1. The van der Waals surface area contributed by atoms with Crippen LogP contribution in [0.1, 0.15) is 5.89 Å². The molecule has 8 nitrogen and oxygen atoms in total. The molecule has 0 unspecified atom stereocenters. The van der Waals surface area contributed by atoms with E-state index >= 15 is 0 Å². The summed E-state index contributed by atoms with van der Waals surface area (Å²) in [4.78, 5) is 0. The van der Waals surface area contributed by atoms with Gasteiger partial charge in [-0.1, -0.05) is 0 Å². The zero-order valence-corrected chi connectivity index (χ0v) is 15.3. The van der Waals surface area contributed by atoms with Crippen LogP contribution in [-0.2, 0) is 16.6 Å². The molecule has 3 aromatic rings. The van der Waals surface area contributed by atoms with Crippen LogP contribution in [0.2, 0.25) is 0 Å². The third kappa shape index (κ3) is 4.94. The van der Waals surface area contributed by atoms with Crippen LogP contribution in [0.15, 0.2) is 46.9 Å². The zero-order chi connectivity index (χ0) is 19.4. The molecular weight excluding hydrogens is 377 g/mol. The summed E-state index contributed by atoms with van der Waals surface area (Å²) in [7, 11) is -1.92. The Balaban J connectivity index is 1.66. The molecule has 2 aromatic carbocycles. The molecule has 0 bridgehead atoms. The molecule has 0 aliphatic carbocycles. The van der Waals surface area contributed by atoms with Gasteiger partial charge in [0.05, 0.1) is 19.1 Å². The molecule has 0 spiro atoms. The summed E-state index contributed by atoms with van der Waals surface area (Å²) in [6, 6.07) is 10.8. The van der Waals surface area contributed by atoms with Crippen molar-refractivity contribution in [1.29, 1.82) is 0 Å². The Morgan fingerprint density at radius 1 is 1.15 bits per heavy atom. The van der Waals surface area contributed by atoms with Gasteiger partial charge in [-0.15, -0.1) is 10.2 Å². The Morgan fingerprint density at radius 3 is 2.52 bits per heavy atom. The number of nitrogens with one attached hydrogen (secondary N) is 1. The number of nitrogens with zero attached hydrogens (tertiary/aromatic N) is 2. The van der Waals surface area contributed by atoms with Crippen molar-refractivity contribution in [2.45, 2.75) is 6.61 Å². The molecule has 1 N–H and O–H groups in total. The summed E-state index contributed by atoms with van der Waals surface area (Å²) < 4.78 is 54.4. The molecule has 0 amide bonds. The normalized spacial score (nSPS) is 11.2. The minimum absolute atomic E-state index is 0.0711. The van der Waals surface area contributed by atoms with Gasteiger partial charge >= 0.3 is 0 Å². The van der Waals surface area contributed by atoms with E-state index in [4.69, 9.17) is 13.9 Å². The predicted molar refractivity (Wildman–Crippen MR) is 95.5 cm³/mol.